The summed E-state index contributed by atoms with van der Waals surface area (Å²) in [6.45, 7) is 1.92. The van der Waals surface area contributed by atoms with Crippen LogP contribution < -0.4 is 5.32 Å². The first kappa shape index (κ1) is 13.0. The monoisotopic (exact) mass is 255 g/mol. The van der Waals surface area contributed by atoms with Crippen molar-refractivity contribution in [1.29, 1.82) is 0 Å². The van der Waals surface area contributed by atoms with Crippen LogP contribution in [0.3, 0.4) is 0 Å². The van der Waals surface area contributed by atoms with Gasteiger partial charge in [-0.15, -0.1) is 0 Å². The van der Waals surface area contributed by atoms with E-state index in [9.17, 15) is 9.18 Å². The Labute approximate surface area is 111 Å². The fourth-order valence-electron chi connectivity index (χ4n) is 1.61. The molecule has 1 amide bonds. The number of aryl methyl sites for hydroxylation is 1. The van der Waals surface area contributed by atoms with E-state index in [0.29, 0.717) is 11.3 Å². The van der Waals surface area contributed by atoms with Crippen molar-refractivity contribution < 1.29 is 9.18 Å². The standard InChI is InChI=1S/C16H14FNO/c1-12-7-9-13(10-8-12)15(17)11-16(19)18-14-5-3-2-4-6-14/h2-11H,1H3,(H,18,19)/b15-11+. The first-order chi connectivity index (χ1) is 9.15. The van der Waals surface area contributed by atoms with Gasteiger partial charge in [0.1, 0.15) is 5.83 Å². The van der Waals surface area contributed by atoms with Crippen molar-refractivity contribution in [3.8, 4) is 0 Å². The molecule has 0 fully saturated rings. The van der Waals surface area contributed by atoms with Crippen molar-refractivity contribution in [2.45, 2.75) is 6.92 Å². The van der Waals surface area contributed by atoms with Gasteiger partial charge in [0.2, 0.25) is 0 Å². The summed E-state index contributed by atoms with van der Waals surface area (Å²) in [5.41, 5.74) is 2.08. The zero-order valence-electron chi connectivity index (χ0n) is 10.6. The summed E-state index contributed by atoms with van der Waals surface area (Å²) in [7, 11) is 0. The molecule has 0 aliphatic heterocycles. The van der Waals surface area contributed by atoms with Crippen LogP contribution in [0.15, 0.2) is 60.7 Å². The molecule has 2 aromatic carbocycles. The summed E-state index contributed by atoms with van der Waals surface area (Å²) in [5.74, 6) is -1.03. The number of carbonyl (C=O) groups excluding carboxylic acids is 1. The molecule has 0 spiro atoms. The Hall–Kier alpha value is -2.42. The Morgan fingerprint density at radius 1 is 1.05 bits per heavy atom. The minimum absolute atomic E-state index is 0.397. The van der Waals surface area contributed by atoms with E-state index in [1.165, 1.54) is 0 Å². The molecule has 3 heteroatoms. The molecular weight excluding hydrogens is 241 g/mol. The Bertz CT molecular complexity index is 588. The number of nitrogens with one attached hydrogen (secondary N) is 1. The number of anilines is 1. The summed E-state index contributed by atoms with van der Waals surface area (Å²) >= 11 is 0. The zero-order valence-corrected chi connectivity index (χ0v) is 10.6. The second-order valence-electron chi connectivity index (χ2n) is 4.21. The van der Waals surface area contributed by atoms with Gasteiger partial charge in [0.05, 0.1) is 0 Å². The second-order valence-corrected chi connectivity index (χ2v) is 4.21. The van der Waals surface area contributed by atoms with Gasteiger partial charge in [-0.2, -0.15) is 0 Å². The molecule has 0 saturated carbocycles. The molecule has 0 atom stereocenters. The van der Waals surface area contributed by atoms with Crippen LogP contribution in [-0.2, 0) is 4.79 Å². The lowest BCUT2D eigenvalue weighted by Crippen LogP contribution is -2.08. The SMILES string of the molecule is Cc1ccc(/C(F)=C\C(=O)Nc2ccccc2)cc1. The number of amides is 1. The zero-order chi connectivity index (χ0) is 13.7. The van der Waals surface area contributed by atoms with Crippen molar-refractivity contribution in [1.82, 2.24) is 0 Å². The highest BCUT2D eigenvalue weighted by Crippen LogP contribution is 2.16. The average molecular weight is 255 g/mol. The molecule has 0 heterocycles. The highest BCUT2D eigenvalue weighted by Gasteiger charge is 2.04. The third-order valence-electron chi connectivity index (χ3n) is 2.63. The van der Waals surface area contributed by atoms with Crippen LogP contribution in [0.25, 0.3) is 5.83 Å². The Morgan fingerprint density at radius 3 is 2.32 bits per heavy atom. The largest absolute Gasteiger partial charge is 0.322 e. The van der Waals surface area contributed by atoms with Crippen LogP contribution in [-0.4, -0.2) is 5.91 Å². The normalized spacial score (nSPS) is 11.2. The number of halogens is 1. The van der Waals surface area contributed by atoms with Gasteiger partial charge in [-0.05, 0) is 19.1 Å². The van der Waals surface area contributed by atoms with E-state index >= 15 is 0 Å². The van der Waals surface area contributed by atoms with Gasteiger partial charge < -0.3 is 5.32 Å². The van der Waals surface area contributed by atoms with Crippen LogP contribution in [0.1, 0.15) is 11.1 Å². The Balaban J connectivity index is 2.08. The Kier molecular flexibility index (Phi) is 4.08. The van der Waals surface area contributed by atoms with E-state index in [-0.39, 0.29) is 0 Å². The third kappa shape index (κ3) is 3.78. The van der Waals surface area contributed by atoms with Gasteiger partial charge >= 0.3 is 0 Å². The summed E-state index contributed by atoms with van der Waals surface area (Å²) in [5, 5.41) is 2.60. The maximum atomic E-state index is 13.8. The molecule has 0 aromatic heterocycles. The fourth-order valence-corrected chi connectivity index (χ4v) is 1.61. The summed E-state index contributed by atoms with van der Waals surface area (Å²) in [6, 6.07) is 15.8. The van der Waals surface area contributed by atoms with E-state index < -0.39 is 11.7 Å². The summed E-state index contributed by atoms with van der Waals surface area (Å²) in [4.78, 5) is 11.6. The average Bonchev–Trinajstić information content (AvgIpc) is 2.40. The Morgan fingerprint density at radius 2 is 1.68 bits per heavy atom. The van der Waals surface area contributed by atoms with Crippen LogP contribution in [0.5, 0.6) is 0 Å². The fraction of sp³-hybridized carbons (Fsp3) is 0.0625. The van der Waals surface area contributed by atoms with Crippen LogP contribution in [0.2, 0.25) is 0 Å². The van der Waals surface area contributed by atoms with Gasteiger partial charge in [-0.1, -0.05) is 48.0 Å². The van der Waals surface area contributed by atoms with Crippen molar-refractivity contribution >= 4 is 17.4 Å². The van der Waals surface area contributed by atoms with E-state index in [2.05, 4.69) is 5.32 Å². The molecule has 96 valence electrons. The smallest absolute Gasteiger partial charge is 0.251 e. The van der Waals surface area contributed by atoms with Gasteiger partial charge in [0.25, 0.3) is 5.91 Å². The van der Waals surface area contributed by atoms with E-state index in [4.69, 9.17) is 0 Å². The molecule has 2 nitrogen and oxygen atoms in total. The quantitative estimate of drug-likeness (QED) is 0.827. The van der Waals surface area contributed by atoms with Crippen LogP contribution in [0, 0.1) is 6.92 Å². The molecule has 0 aliphatic rings. The van der Waals surface area contributed by atoms with Crippen molar-refractivity contribution in [2.75, 3.05) is 5.32 Å². The molecule has 1 N–H and O–H groups in total. The van der Waals surface area contributed by atoms with Gasteiger partial charge in [0, 0.05) is 17.3 Å². The van der Waals surface area contributed by atoms with E-state index in [0.717, 1.165) is 11.6 Å². The molecule has 0 radical (unpaired) electrons. The number of hydrogen-bond donors (Lipinski definition) is 1. The number of rotatable bonds is 3. The number of hydrogen-bond acceptors (Lipinski definition) is 1. The van der Waals surface area contributed by atoms with E-state index in [1.54, 1.807) is 48.5 Å². The molecule has 0 unspecified atom stereocenters. The molecule has 0 aliphatic carbocycles. The van der Waals surface area contributed by atoms with Crippen molar-refractivity contribution in [2.24, 2.45) is 0 Å². The molecule has 2 aromatic rings. The van der Waals surface area contributed by atoms with Crippen LogP contribution in [0.4, 0.5) is 10.1 Å². The van der Waals surface area contributed by atoms with Gasteiger partial charge in [-0.25, -0.2) is 4.39 Å². The maximum Gasteiger partial charge on any atom is 0.251 e. The van der Waals surface area contributed by atoms with Gasteiger partial charge in [0.15, 0.2) is 0 Å². The second kappa shape index (κ2) is 5.96. The topological polar surface area (TPSA) is 29.1 Å². The molecular formula is C16H14FNO. The van der Waals surface area contributed by atoms with Crippen molar-refractivity contribution in [3.05, 3.63) is 71.8 Å². The molecule has 2 rings (SSSR count). The molecule has 19 heavy (non-hydrogen) atoms. The third-order valence-corrected chi connectivity index (χ3v) is 2.63. The van der Waals surface area contributed by atoms with Crippen molar-refractivity contribution in [3.63, 3.8) is 0 Å². The minimum atomic E-state index is -0.548. The lowest BCUT2D eigenvalue weighted by Gasteiger charge is -2.02. The number of carbonyl (C=O) groups is 1. The molecule has 0 saturated heterocycles. The highest BCUT2D eigenvalue weighted by atomic mass is 19.1. The van der Waals surface area contributed by atoms with Gasteiger partial charge in [-0.3, -0.25) is 4.79 Å². The predicted octanol–water partition coefficient (Wildman–Crippen LogP) is 3.94. The first-order valence-corrected chi connectivity index (χ1v) is 5.95. The highest BCUT2D eigenvalue weighted by molar-refractivity contribution is 6.03. The number of benzene rings is 2. The molecule has 0 bridgehead atoms. The lowest BCUT2D eigenvalue weighted by molar-refractivity contribution is -0.111. The number of para-hydroxylation sites is 1. The first-order valence-electron chi connectivity index (χ1n) is 5.95. The van der Waals surface area contributed by atoms with E-state index in [1.807, 2.05) is 13.0 Å². The minimum Gasteiger partial charge on any atom is -0.322 e. The lowest BCUT2D eigenvalue weighted by atomic mass is 10.1. The summed E-state index contributed by atoms with van der Waals surface area (Å²) < 4.78 is 13.8. The maximum absolute atomic E-state index is 13.8. The van der Waals surface area contributed by atoms with Crippen LogP contribution >= 0.6 is 0 Å². The predicted molar refractivity (Wildman–Crippen MR) is 75.3 cm³/mol. The summed E-state index contributed by atoms with van der Waals surface area (Å²) in [6.07, 6.45) is 0.956.